The van der Waals surface area contributed by atoms with Gasteiger partial charge in [0.05, 0.1) is 0 Å². The van der Waals surface area contributed by atoms with E-state index in [0.717, 1.165) is 37.4 Å². The summed E-state index contributed by atoms with van der Waals surface area (Å²) in [6, 6.07) is 36.5. The van der Waals surface area contributed by atoms with Crippen LogP contribution in [0.3, 0.4) is 0 Å². The van der Waals surface area contributed by atoms with Gasteiger partial charge in [-0.2, -0.15) is 0 Å². The zero-order valence-electron chi connectivity index (χ0n) is 17.1. The lowest BCUT2D eigenvalue weighted by atomic mass is 9.91. The molecule has 0 N–H and O–H groups in total. The second kappa shape index (κ2) is 6.69. The molecule has 1 nitrogen and oxygen atoms in total. The Kier molecular flexibility index (Phi) is 3.76. The quantitative estimate of drug-likeness (QED) is 0.217. The SMILES string of the molecule is Brc1c2ccccc2c(-c2cccc3c2oc2c4ccccc4ccc32)c2ccccc12. The molecular weight excluding hydrogens is 456 g/mol. The molecule has 0 fully saturated rings. The highest BCUT2D eigenvalue weighted by Crippen LogP contribution is 2.45. The Labute approximate surface area is 193 Å². The molecule has 0 bridgehead atoms. The summed E-state index contributed by atoms with van der Waals surface area (Å²) in [6.45, 7) is 0. The van der Waals surface area contributed by atoms with Gasteiger partial charge in [-0.3, -0.25) is 0 Å². The molecule has 7 aromatic rings. The van der Waals surface area contributed by atoms with Crippen LogP contribution in [0.1, 0.15) is 0 Å². The van der Waals surface area contributed by atoms with Crippen molar-refractivity contribution in [3.63, 3.8) is 0 Å². The molecule has 1 heterocycles. The van der Waals surface area contributed by atoms with E-state index < -0.39 is 0 Å². The van der Waals surface area contributed by atoms with Crippen LogP contribution in [0.15, 0.2) is 112 Å². The highest BCUT2D eigenvalue weighted by Gasteiger charge is 2.19. The van der Waals surface area contributed by atoms with E-state index in [1.807, 2.05) is 0 Å². The van der Waals surface area contributed by atoms with E-state index in [0.29, 0.717) is 0 Å². The average Bonchev–Trinajstić information content (AvgIpc) is 3.24. The van der Waals surface area contributed by atoms with Crippen LogP contribution in [-0.4, -0.2) is 0 Å². The lowest BCUT2D eigenvalue weighted by molar-refractivity contribution is 0.674. The van der Waals surface area contributed by atoms with Gasteiger partial charge in [-0.15, -0.1) is 0 Å². The van der Waals surface area contributed by atoms with Gasteiger partial charge in [0.15, 0.2) is 0 Å². The van der Waals surface area contributed by atoms with Gasteiger partial charge < -0.3 is 4.42 Å². The van der Waals surface area contributed by atoms with Gasteiger partial charge in [0.25, 0.3) is 0 Å². The molecule has 2 heteroatoms. The molecule has 0 saturated heterocycles. The highest BCUT2D eigenvalue weighted by atomic mass is 79.9. The number of hydrogen-bond acceptors (Lipinski definition) is 1. The number of rotatable bonds is 1. The van der Waals surface area contributed by atoms with Crippen LogP contribution >= 0.6 is 15.9 Å². The van der Waals surface area contributed by atoms with Crippen LogP contribution in [0.25, 0.3) is 65.4 Å². The fourth-order valence-corrected chi connectivity index (χ4v) is 5.78. The first-order valence-corrected chi connectivity index (χ1v) is 11.5. The van der Waals surface area contributed by atoms with Crippen molar-refractivity contribution in [3.05, 3.63) is 108 Å². The van der Waals surface area contributed by atoms with Crippen molar-refractivity contribution in [2.75, 3.05) is 0 Å². The standard InChI is InChI=1S/C30H17BrO/c31-28-22-12-5-3-10-20(22)27(21-11-4-6-13-23(21)28)26-15-7-14-24-25-17-16-18-8-1-2-9-19(18)29(25)32-30(24)26/h1-17H. The lowest BCUT2D eigenvalue weighted by Gasteiger charge is -2.14. The smallest absolute Gasteiger partial charge is 0.143 e. The minimum Gasteiger partial charge on any atom is -0.455 e. The van der Waals surface area contributed by atoms with E-state index in [-0.39, 0.29) is 0 Å². The predicted molar refractivity (Wildman–Crippen MR) is 139 cm³/mol. The fraction of sp³-hybridized carbons (Fsp3) is 0. The molecule has 0 atom stereocenters. The van der Waals surface area contributed by atoms with Gasteiger partial charge in [-0.05, 0) is 48.9 Å². The Morgan fingerprint density at radius 2 is 1.00 bits per heavy atom. The Bertz CT molecular complexity index is 1780. The first kappa shape index (κ1) is 18.0. The van der Waals surface area contributed by atoms with E-state index in [2.05, 4.69) is 119 Å². The molecular formula is C30H17BrO. The monoisotopic (exact) mass is 472 g/mol. The van der Waals surface area contributed by atoms with Crippen molar-refractivity contribution in [2.45, 2.75) is 0 Å². The summed E-state index contributed by atoms with van der Waals surface area (Å²) in [5.74, 6) is 0. The summed E-state index contributed by atoms with van der Waals surface area (Å²) in [5, 5.41) is 9.51. The zero-order chi connectivity index (χ0) is 21.2. The van der Waals surface area contributed by atoms with Crippen molar-refractivity contribution < 1.29 is 4.42 Å². The molecule has 0 amide bonds. The molecule has 0 aliphatic rings. The van der Waals surface area contributed by atoms with Gasteiger partial charge >= 0.3 is 0 Å². The van der Waals surface area contributed by atoms with Gasteiger partial charge in [0.2, 0.25) is 0 Å². The van der Waals surface area contributed by atoms with Crippen molar-refractivity contribution in [2.24, 2.45) is 0 Å². The summed E-state index contributed by atoms with van der Waals surface area (Å²) in [5.41, 5.74) is 4.24. The lowest BCUT2D eigenvalue weighted by Crippen LogP contribution is -1.88. The Balaban J connectivity index is 1.70. The number of fused-ring (bicyclic) bond motifs is 7. The van der Waals surface area contributed by atoms with Crippen LogP contribution < -0.4 is 0 Å². The summed E-state index contributed by atoms with van der Waals surface area (Å²) in [7, 11) is 0. The van der Waals surface area contributed by atoms with Gasteiger partial charge in [0.1, 0.15) is 11.2 Å². The minimum atomic E-state index is 0.941. The third-order valence-electron chi connectivity index (χ3n) is 6.52. The maximum atomic E-state index is 6.67. The average molecular weight is 473 g/mol. The summed E-state index contributed by atoms with van der Waals surface area (Å²) in [4.78, 5) is 0. The van der Waals surface area contributed by atoms with E-state index >= 15 is 0 Å². The molecule has 0 aliphatic carbocycles. The Morgan fingerprint density at radius 1 is 0.438 bits per heavy atom. The molecule has 7 rings (SSSR count). The molecule has 32 heavy (non-hydrogen) atoms. The predicted octanol–water partition coefficient (Wildman–Crippen LogP) is 9.48. The topological polar surface area (TPSA) is 13.1 Å². The molecule has 0 spiro atoms. The largest absolute Gasteiger partial charge is 0.455 e. The van der Waals surface area contributed by atoms with Crippen molar-refractivity contribution in [1.82, 2.24) is 0 Å². The molecule has 0 radical (unpaired) electrons. The van der Waals surface area contributed by atoms with Crippen molar-refractivity contribution >= 4 is 70.2 Å². The van der Waals surface area contributed by atoms with Crippen LogP contribution in [0.4, 0.5) is 0 Å². The van der Waals surface area contributed by atoms with E-state index in [1.54, 1.807) is 0 Å². The van der Waals surface area contributed by atoms with Gasteiger partial charge in [-0.1, -0.05) is 97.1 Å². The Morgan fingerprint density at radius 3 is 1.72 bits per heavy atom. The minimum absolute atomic E-state index is 0.941. The summed E-state index contributed by atoms with van der Waals surface area (Å²) < 4.78 is 7.80. The Hall–Kier alpha value is -3.62. The molecule has 0 unspecified atom stereocenters. The molecule has 0 saturated carbocycles. The van der Waals surface area contributed by atoms with Crippen LogP contribution in [0, 0.1) is 0 Å². The summed E-state index contributed by atoms with van der Waals surface area (Å²) >= 11 is 3.87. The molecule has 150 valence electrons. The van der Waals surface area contributed by atoms with Crippen LogP contribution in [0.2, 0.25) is 0 Å². The zero-order valence-corrected chi connectivity index (χ0v) is 18.7. The number of benzene rings is 6. The summed E-state index contributed by atoms with van der Waals surface area (Å²) in [6.07, 6.45) is 0. The van der Waals surface area contributed by atoms with E-state index in [1.165, 1.54) is 32.5 Å². The van der Waals surface area contributed by atoms with Gasteiger partial charge in [-0.25, -0.2) is 0 Å². The molecule has 1 aromatic heterocycles. The van der Waals surface area contributed by atoms with Crippen molar-refractivity contribution in [3.8, 4) is 11.1 Å². The van der Waals surface area contributed by atoms with Gasteiger partial charge in [0, 0.05) is 31.8 Å². The highest BCUT2D eigenvalue weighted by molar-refractivity contribution is 9.10. The second-order valence-electron chi connectivity index (χ2n) is 8.23. The van der Waals surface area contributed by atoms with Crippen LogP contribution in [0.5, 0.6) is 0 Å². The normalized spacial score (nSPS) is 11.9. The van der Waals surface area contributed by atoms with E-state index in [4.69, 9.17) is 4.42 Å². The van der Waals surface area contributed by atoms with E-state index in [9.17, 15) is 0 Å². The molecule has 0 aliphatic heterocycles. The van der Waals surface area contributed by atoms with Crippen LogP contribution in [-0.2, 0) is 0 Å². The van der Waals surface area contributed by atoms with Crippen molar-refractivity contribution in [1.29, 1.82) is 0 Å². The number of hydrogen-bond donors (Lipinski definition) is 0. The number of furan rings is 1. The maximum Gasteiger partial charge on any atom is 0.143 e. The fourth-order valence-electron chi connectivity index (χ4n) is 5.09. The second-order valence-corrected chi connectivity index (χ2v) is 9.02. The number of para-hydroxylation sites is 1. The third kappa shape index (κ3) is 2.39. The third-order valence-corrected chi connectivity index (χ3v) is 7.38. The maximum absolute atomic E-state index is 6.67. The first-order valence-electron chi connectivity index (χ1n) is 10.7. The number of halogens is 1. The first-order chi connectivity index (χ1) is 15.8. The molecule has 6 aromatic carbocycles.